The minimum atomic E-state index is -0.983. The molecular weight excluding hydrogens is 406 g/mol. The Morgan fingerprint density at radius 2 is 1.90 bits per heavy atom. The van der Waals surface area contributed by atoms with E-state index in [1.807, 2.05) is 0 Å². The van der Waals surface area contributed by atoms with Crippen molar-refractivity contribution in [2.24, 2.45) is 5.92 Å². The number of hydrogen-bond donors (Lipinski definition) is 3. The normalized spacial score (nSPS) is 18.5. The lowest BCUT2D eigenvalue weighted by atomic mass is 9.86. The van der Waals surface area contributed by atoms with E-state index in [0.717, 1.165) is 30.4 Å². The van der Waals surface area contributed by atoms with Gasteiger partial charge in [0, 0.05) is 24.3 Å². The maximum Gasteiger partial charge on any atom is 0.404 e. The lowest BCUT2D eigenvalue weighted by molar-refractivity contribution is 0.183. The summed E-state index contributed by atoms with van der Waals surface area (Å²) >= 11 is 0. The zero-order valence-corrected chi connectivity index (χ0v) is 16.6. The number of carbonyl (C=O) groups is 1. The zero-order chi connectivity index (χ0) is 21.8. The Morgan fingerprint density at radius 3 is 2.61 bits per heavy atom. The van der Waals surface area contributed by atoms with Gasteiger partial charge in [0.25, 0.3) is 0 Å². The molecule has 0 spiro atoms. The van der Waals surface area contributed by atoms with Gasteiger partial charge >= 0.3 is 6.09 Å². The Labute approximate surface area is 177 Å². The molecule has 0 saturated heterocycles. The van der Waals surface area contributed by atoms with Crippen molar-refractivity contribution in [1.82, 2.24) is 25.1 Å². The zero-order valence-electron chi connectivity index (χ0n) is 16.6. The van der Waals surface area contributed by atoms with Gasteiger partial charge in [0.2, 0.25) is 0 Å². The van der Waals surface area contributed by atoms with Crippen LogP contribution in [0.25, 0.3) is 16.9 Å². The molecule has 10 heteroatoms. The summed E-state index contributed by atoms with van der Waals surface area (Å²) in [5.41, 5.74) is 1.63. The van der Waals surface area contributed by atoms with Crippen LogP contribution in [0.15, 0.2) is 43.1 Å². The van der Waals surface area contributed by atoms with Crippen molar-refractivity contribution in [3.05, 3.63) is 54.8 Å². The van der Waals surface area contributed by atoms with Gasteiger partial charge in [0.15, 0.2) is 11.6 Å². The SMILES string of the molecule is O=C(O)NC1CCC(CNc2cncnc2-c2cnn(-c3c(F)cccc3F)c2)CC1. The molecule has 0 radical (unpaired) electrons. The maximum atomic E-state index is 14.1. The molecule has 1 saturated carbocycles. The van der Waals surface area contributed by atoms with Crippen LogP contribution in [-0.2, 0) is 0 Å². The fourth-order valence-electron chi connectivity index (χ4n) is 3.90. The first-order valence-corrected chi connectivity index (χ1v) is 10.0. The monoisotopic (exact) mass is 428 g/mol. The number of benzene rings is 1. The Bertz CT molecular complexity index is 1050. The van der Waals surface area contributed by atoms with E-state index in [0.29, 0.717) is 29.4 Å². The highest BCUT2D eigenvalue weighted by molar-refractivity contribution is 5.72. The second kappa shape index (κ2) is 9.07. The first-order chi connectivity index (χ1) is 15.0. The molecule has 4 rings (SSSR count). The second-order valence-corrected chi connectivity index (χ2v) is 7.58. The Kier molecular flexibility index (Phi) is 6.06. The number of anilines is 1. The fraction of sp³-hybridized carbons (Fsp3) is 0.333. The number of amides is 1. The summed E-state index contributed by atoms with van der Waals surface area (Å²) in [6.07, 6.45) is 8.53. The van der Waals surface area contributed by atoms with Crippen LogP contribution in [-0.4, -0.2) is 43.5 Å². The number of para-hydroxylation sites is 1. The van der Waals surface area contributed by atoms with Crippen LogP contribution in [0.4, 0.5) is 19.3 Å². The molecule has 1 aliphatic carbocycles. The molecule has 2 heterocycles. The fourth-order valence-corrected chi connectivity index (χ4v) is 3.90. The van der Waals surface area contributed by atoms with Gasteiger partial charge < -0.3 is 15.7 Å². The van der Waals surface area contributed by atoms with Crippen molar-refractivity contribution in [3.8, 4) is 16.9 Å². The molecule has 1 aromatic carbocycles. The van der Waals surface area contributed by atoms with Crippen LogP contribution in [0, 0.1) is 17.6 Å². The molecule has 162 valence electrons. The number of carboxylic acid groups (broad SMARTS) is 1. The van der Waals surface area contributed by atoms with E-state index in [2.05, 4.69) is 25.7 Å². The average Bonchev–Trinajstić information content (AvgIpc) is 3.22. The molecule has 3 aromatic rings. The van der Waals surface area contributed by atoms with Gasteiger partial charge in [-0.15, -0.1) is 0 Å². The van der Waals surface area contributed by atoms with Crippen molar-refractivity contribution >= 4 is 11.8 Å². The lowest BCUT2D eigenvalue weighted by Gasteiger charge is -2.28. The molecule has 1 fully saturated rings. The van der Waals surface area contributed by atoms with Crippen LogP contribution in [0.5, 0.6) is 0 Å². The highest BCUT2D eigenvalue weighted by Gasteiger charge is 2.22. The van der Waals surface area contributed by atoms with Gasteiger partial charge in [0.1, 0.15) is 12.0 Å². The molecule has 1 aliphatic rings. The van der Waals surface area contributed by atoms with Gasteiger partial charge in [-0.3, -0.25) is 0 Å². The topological polar surface area (TPSA) is 105 Å². The molecule has 2 aromatic heterocycles. The molecule has 1 amide bonds. The van der Waals surface area contributed by atoms with Gasteiger partial charge in [-0.05, 0) is 43.7 Å². The number of nitrogens with zero attached hydrogens (tertiary/aromatic N) is 4. The number of aromatic nitrogens is 4. The van der Waals surface area contributed by atoms with Crippen LogP contribution in [0.3, 0.4) is 0 Å². The molecule has 0 bridgehead atoms. The molecular formula is C21H22F2N6O2. The second-order valence-electron chi connectivity index (χ2n) is 7.58. The standard InChI is InChI=1S/C21H22F2N6O2/c22-16-2-1-3-17(23)20(16)29-11-14(9-27-29)19-18(10-24-12-26-19)25-8-13-4-6-15(7-5-13)28-21(30)31/h1-3,9-13,15,25,28H,4-8H2,(H,30,31). The predicted octanol–water partition coefficient (Wildman–Crippen LogP) is 3.85. The van der Waals surface area contributed by atoms with Crippen molar-refractivity contribution in [3.63, 3.8) is 0 Å². The van der Waals surface area contributed by atoms with E-state index < -0.39 is 17.7 Å². The largest absolute Gasteiger partial charge is 0.465 e. The summed E-state index contributed by atoms with van der Waals surface area (Å²) in [6, 6.07) is 3.67. The Hall–Kier alpha value is -3.56. The van der Waals surface area contributed by atoms with E-state index in [-0.39, 0.29) is 11.7 Å². The summed E-state index contributed by atoms with van der Waals surface area (Å²) in [4.78, 5) is 19.2. The van der Waals surface area contributed by atoms with Gasteiger partial charge in [-0.25, -0.2) is 28.2 Å². The average molecular weight is 428 g/mol. The minimum absolute atomic E-state index is 0.00832. The van der Waals surface area contributed by atoms with Crippen molar-refractivity contribution in [2.45, 2.75) is 31.7 Å². The van der Waals surface area contributed by atoms with E-state index in [1.54, 1.807) is 6.20 Å². The summed E-state index contributed by atoms with van der Waals surface area (Å²) < 4.78 is 29.3. The Morgan fingerprint density at radius 1 is 1.16 bits per heavy atom. The first-order valence-electron chi connectivity index (χ1n) is 10.0. The number of halogens is 2. The van der Waals surface area contributed by atoms with E-state index in [1.165, 1.54) is 36.9 Å². The highest BCUT2D eigenvalue weighted by Crippen LogP contribution is 2.29. The molecule has 8 nitrogen and oxygen atoms in total. The van der Waals surface area contributed by atoms with Crippen LogP contribution < -0.4 is 10.6 Å². The third-order valence-corrected chi connectivity index (χ3v) is 5.49. The summed E-state index contributed by atoms with van der Waals surface area (Å²) in [5, 5.41) is 18.8. The minimum Gasteiger partial charge on any atom is -0.465 e. The molecule has 3 N–H and O–H groups in total. The Balaban J connectivity index is 1.45. The smallest absolute Gasteiger partial charge is 0.404 e. The number of hydrogen-bond acceptors (Lipinski definition) is 5. The van der Waals surface area contributed by atoms with Crippen molar-refractivity contribution < 1.29 is 18.7 Å². The van der Waals surface area contributed by atoms with Crippen LogP contribution in [0.2, 0.25) is 0 Å². The summed E-state index contributed by atoms with van der Waals surface area (Å²) in [7, 11) is 0. The summed E-state index contributed by atoms with van der Waals surface area (Å²) in [6.45, 7) is 0.691. The molecule has 0 aliphatic heterocycles. The van der Waals surface area contributed by atoms with Gasteiger partial charge in [0.05, 0.1) is 23.8 Å². The number of rotatable bonds is 6. The molecule has 0 atom stereocenters. The van der Waals surface area contributed by atoms with Crippen molar-refractivity contribution in [2.75, 3.05) is 11.9 Å². The van der Waals surface area contributed by atoms with Gasteiger partial charge in [-0.1, -0.05) is 6.07 Å². The molecule has 31 heavy (non-hydrogen) atoms. The quantitative estimate of drug-likeness (QED) is 0.551. The first kappa shape index (κ1) is 20.7. The predicted molar refractivity (Wildman–Crippen MR) is 110 cm³/mol. The third kappa shape index (κ3) is 4.79. The van der Waals surface area contributed by atoms with E-state index in [4.69, 9.17) is 5.11 Å². The van der Waals surface area contributed by atoms with Crippen LogP contribution in [0.1, 0.15) is 25.7 Å². The highest BCUT2D eigenvalue weighted by atomic mass is 19.1. The van der Waals surface area contributed by atoms with Crippen LogP contribution >= 0.6 is 0 Å². The lowest BCUT2D eigenvalue weighted by Crippen LogP contribution is -2.37. The molecule has 0 unspecified atom stereocenters. The number of nitrogens with one attached hydrogen (secondary N) is 2. The third-order valence-electron chi connectivity index (χ3n) is 5.49. The van der Waals surface area contributed by atoms with E-state index in [9.17, 15) is 13.6 Å². The summed E-state index contributed by atoms with van der Waals surface area (Å²) in [5.74, 6) is -1.01. The van der Waals surface area contributed by atoms with E-state index >= 15 is 0 Å². The van der Waals surface area contributed by atoms with Crippen molar-refractivity contribution in [1.29, 1.82) is 0 Å². The maximum absolute atomic E-state index is 14.1. The van der Waals surface area contributed by atoms with Gasteiger partial charge in [-0.2, -0.15) is 5.10 Å².